The summed E-state index contributed by atoms with van der Waals surface area (Å²) in [4.78, 5) is 17.9. The second-order valence-electron chi connectivity index (χ2n) is 10.2. The average Bonchev–Trinajstić information content (AvgIpc) is 3.64. The van der Waals surface area contributed by atoms with Crippen molar-refractivity contribution in [1.82, 2.24) is 15.0 Å². The Morgan fingerprint density at radius 3 is 2.48 bits per heavy atom. The normalized spacial score (nSPS) is 17.1. The number of nitrogens with one attached hydrogen (secondary N) is 1. The van der Waals surface area contributed by atoms with Crippen molar-refractivity contribution in [3.8, 4) is 11.1 Å². The molecule has 4 heterocycles. The molecule has 40 heavy (non-hydrogen) atoms. The first-order chi connectivity index (χ1) is 19.8. The molecule has 0 fully saturated rings. The van der Waals surface area contributed by atoms with Gasteiger partial charge in [0, 0.05) is 53.1 Å². The number of aromatic amines is 1. The van der Waals surface area contributed by atoms with E-state index in [4.69, 9.17) is 4.98 Å². The van der Waals surface area contributed by atoms with Gasteiger partial charge in [-0.15, -0.1) is 11.3 Å². The van der Waals surface area contributed by atoms with Crippen molar-refractivity contribution in [2.24, 2.45) is 4.99 Å². The summed E-state index contributed by atoms with van der Waals surface area (Å²) in [5.41, 5.74) is 8.62. The molecule has 7 aromatic rings. The lowest BCUT2D eigenvalue weighted by atomic mass is 9.69. The van der Waals surface area contributed by atoms with Crippen LogP contribution in [0.3, 0.4) is 0 Å². The molecule has 0 aliphatic carbocycles. The second kappa shape index (κ2) is 9.11. The van der Waals surface area contributed by atoms with Gasteiger partial charge in [-0.1, -0.05) is 78.9 Å². The molecule has 0 saturated carbocycles. The summed E-state index contributed by atoms with van der Waals surface area (Å²) < 4.78 is 1.19. The van der Waals surface area contributed by atoms with E-state index < -0.39 is 5.41 Å². The van der Waals surface area contributed by atoms with Crippen molar-refractivity contribution in [2.75, 3.05) is 0 Å². The highest BCUT2D eigenvalue weighted by molar-refractivity contribution is 7.18. The predicted molar refractivity (Wildman–Crippen MR) is 167 cm³/mol. The third kappa shape index (κ3) is 3.48. The second-order valence-corrected chi connectivity index (χ2v) is 11.2. The number of aromatic nitrogens is 3. The lowest BCUT2D eigenvalue weighted by Gasteiger charge is -2.35. The summed E-state index contributed by atoms with van der Waals surface area (Å²) in [5.74, 6) is 0. The Kier molecular flexibility index (Phi) is 5.25. The molecule has 0 bridgehead atoms. The van der Waals surface area contributed by atoms with E-state index in [1.807, 2.05) is 30.9 Å². The van der Waals surface area contributed by atoms with Crippen LogP contribution in [0.25, 0.3) is 48.7 Å². The lowest BCUT2D eigenvalue weighted by Crippen LogP contribution is -2.31. The smallest absolute Gasteiger partial charge is 0.109 e. The highest BCUT2D eigenvalue weighted by atomic mass is 32.1. The SMILES string of the molecule is C1=NC=C(c2cccnc2)C(c2ccc(-c3cccc4c3[nH]c3ccccc34)cc2)(c2nc3ccccc3s2)C1. The monoisotopic (exact) mass is 532 g/mol. The number of hydrogen-bond acceptors (Lipinski definition) is 4. The fourth-order valence-electron chi connectivity index (χ4n) is 6.08. The number of H-pyrrole nitrogens is 1. The van der Waals surface area contributed by atoms with Crippen LogP contribution in [0.4, 0.5) is 0 Å². The van der Waals surface area contributed by atoms with Crippen molar-refractivity contribution in [2.45, 2.75) is 11.8 Å². The summed E-state index contributed by atoms with van der Waals surface area (Å²) >= 11 is 1.76. The Morgan fingerprint density at radius 1 is 0.750 bits per heavy atom. The largest absolute Gasteiger partial charge is 0.354 e. The van der Waals surface area contributed by atoms with Gasteiger partial charge in [-0.25, -0.2) is 4.98 Å². The number of para-hydroxylation sites is 3. The highest BCUT2D eigenvalue weighted by Crippen LogP contribution is 2.50. The van der Waals surface area contributed by atoms with Crippen LogP contribution in [0.5, 0.6) is 0 Å². The molecule has 1 unspecified atom stereocenters. The molecule has 4 nitrogen and oxygen atoms in total. The Morgan fingerprint density at radius 2 is 1.60 bits per heavy atom. The standard InChI is InChI=1S/C35H24N4S/c1-2-11-30-27(8-1)28-10-5-9-26(33(28)38-30)23-14-16-25(17-15-23)35(34-39-31-12-3-4-13-32(31)40-34)18-20-37-22-29(35)24-7-6-19-36-21-24/h1-17,19-22,38H,18H2. The van der Waals surface area contributed by atoms with Gasteiger partial charge in [0.2, 0.25) is 0 Å². The van der Waals surface area contributed by atoms with Crippen LogP contribution in [0.1, 0.15) is 22.6 Å². The van der Waals surface area contributed by atoms with Gasteiger partial charge in [-0.2, -0.15) is 0 Å². The molecule has 1 N–H and O–H groups in total. The maximum absolute atomic E-state index is 5.20. The van der Waals surface area contributed by atoms with Crippen molar-refractivity contribution in [3.63, 3.8) is 0 Å². The summed E-state index contributed by atoms with van der Waals surface area (Å²) in [7, 11) is 0. The third-order valence-electron chi connectivity index (χ3n) is 8.03. The molecule has 0 radical (unpaired) electrons. The van der Waals surface area contributed by atoms with Gasteiger partial charge in [0.15, 0.2) is 0 Å². The topological polar surface area (TPSA) is 53.9 Å². The number of pyridine rings is 1. The molecule has 1 atom stereocenters. The van der Waals surface area contributed by atoms with Gasteiger partial charge in [0.05, 0.1) is 21.1 Å². The molecule has 4 aromatic carbocycles. The fourth-order valence-corrected chi connectivity index (χ4v) is 7.28. The minimum absolute atomic E-state index is 0.472. The summed E-state index contributed by atoms with van der Waals surface area (Å²) in [6.45, 7) is 0. The van der Waals surface area contributed by atoms with Crippen molar-refractivity contribution in [1.29, 1.82) is 0 Å². The number of thiazole rings is 1. The third-order valence-corrected chi connectivity index (χ3v) is 9.23. The van der Waals surface area contributed by atoms with Gasteiger partial charge >= 0.3 is 0 Å². The Bertz CT molecular complexity index is 2050. The zero-order valence-corrected chi connectivity index (χ0v) is 22.4. The van der Waals surface area contributed by atoms with E-state index in [9.17, 15) is 0 Å². The van der Waals surface area contributed by atoms with Crippen LogP contribution in [-0.4, -0.2) is 21.2 Å². The number of benzene rings is 4. The van der Waals surface area contributed by atoms with E-state index >= 15 is 0 Å². The van der Waals surface area contributed by atoms with E-state index in [1.54, 1.807) is 11.3 Å². The van der Waals surface area contributed by atoms with Crippen molar-refractivity contribution in [3.05, 3.63) is 138 Å². The van der Waals surface area contributed by atoms with Crippen LogP contribution < -0.4 is 0 Å². The van der Waals surface area contributed by atoms with Gasteiger partial charge in [-0.05, 0) is 46.5 Å². The fraction of sp³-hybridized carbons (Fsp3) is 0.0571. The average molecular weight is 533 g/mol. The maximum atomic E-state index is 5.20. The van der Waals surface area contributed by atoms with E-state index in [-0.39, 0.29) is 0 Å². The molecule has 0 amide bonds. The molecule has 1 aliphatic heterocycles. The molecule has 8 rings (SSSR count). The van der Waals surface area contributed by atoms with E-state index in [2.05, 4.69) is 112 Å². The lowest BCUT2D eigenvalue weighted by molar-refractivity contribution is 0.688. The number of aliphatic imine (C=N–C) groups is 1. The Balaban J connectivity index is 1.32. The Hall–Kier alpha value is -4.87. The van der Waals surface area contributed by atoms with E-state index in [0.717, 1.165) is 39.1 Å². The zero-order valence-electron chi connectivity index (χ0n) is 21.6. The van der Waals surface area contributed by atoms with Gasteiger partial charge in [0.25, 0.3) is 0 Å². The quantitative estimate of drug-likeness (QED) is 0.246. The van der Waals surface area contributed by atoms with Crippen molar-refractivity contribution >= 4 is 55.1 Å². The van der Waals surface area contributed by atoms with Crippen LogP contribution in [0.2, 0.25) is 0 Å². The molecule has 5 heteroatoms. The molecule has 190 valence electrons. The molecule has 3 aromatic heterocycles. The van der Waals surface area contributed by atoms with Gasteiger partial charge < -0.3 is 4.98 Å². The van der Waals surface area contributed by atoms with Gasteiger partial charge in [-0.3, -0.25) is 9.98 Å². The highest BCUT2D eigenvalue weighted by Gasteiger charge is 2.42. The number of allylic oxidation sites excluding steroid dienone is 1. The maximum Gasteiger partial charge on any atom is 0.109 e. The summed E-state index contributed by atoms with van der Waals surface area (Å²) in [6.07, 6.45) is 8.48. The van der Waals surface area contributed by atoms with Crippen LogP contribution in [0, 0.1) is 0 Å². The molecule has 1 aliphatic rings. The number of rotatable bonds is 4. The first-order valence-corrected chi connectivity index (χ1v) is 14.2. The first kappa shape index (κ1) is 23.1. The van der Waals surface area contributed by atoms with E-state index in [1.165, 1.54) is 32.2 Å². The summed E-state index contributed by atoms with van der Waals surface area (Å²) in [5, 5.41) is 3.56. The van der Waals surface area contributed by atoms with Crippen LogP contribution >= 0.6 is 11.3 Å². The first-order valence-electron chi connectivity index (χ1n) is 13.4. The van der Waals surface area contributed by atoms with Crippen LogP contribution in [0.15, 0.2) is 127 Å². The molecule has 0 spiro atoms. The predicted octanol–water partition coefficient (Wildman–Crippen LogP) is 8.79. The Labute approximate surface area is 235 Å². The number of nitrogens with zero attached hydrogens (tertiary/aromatic N) is 3. The van der Waals surface area contributed by atoms with E-state index in [0.29, 0.717) is 0 Å². The minimum atomic E-state index is -0.472. The number of hydrogen-bond donors (Lipinski definition) is 1. The minimum Gasteiger partial charge on any atom is -0.354 e. The van der Waals surface area contributed by atoms with Crippen molar-refractivity contribution < 1.29 is 0 Å². The van der Waals surface area contributed by atoms with Gasteiger partial charge in [0.1, 0.15) is 5.01 Å². The van der Waals surface area contributed by atoms with Crippen LogP contribution in [-0.2, 0) is 5.41 Å². The number of fused-ring (bicyclic) bond motifs is 4. The molecule has 0 saturated heterocycles. The molecular formula is C35H24N4S. The summed E-state index contributed by atoms with van der Waals surface area (Å²) in [6, 6.07) is 36.6. The molecular weight excluding hydrogens is 508 g/mol. The zero-order chi connectivity index (χ0) is 26.5.